The van der Waals surface area contributed by atoms with Crippen molar-refractivity contribution in [1.29, 1.82) is 0 Å². The van der Waals surface area contributed by atoms with Crippen molar-refractivity contribution in [3.05, 3.63) is 11.1 Å². The lowest BCUT2D eigenvalue weighted by Crippen LogP contribution is -2.33. The molecule has 1 aliphatic carbocycles. The van der Waals surface area contributed by atoms with E-state index in [-0.39, 0.29) is 0 Å². The van der Waals surface area contributed by atoms with Gasteiger partial charge in [0.2, 0.25) is 0 Å². The highest BCUT2D eigenvalue weighted by atomic mass is 15.0. The third kappa shape index (κ3) is 1.67. The van der Waals surface area contributed by atoms with Crippen molar-refractivity contribution in [2.75, 3.05) is 6.54 Å². The summed E-state index contributed by atoms with van der Waals surface area (Å²) in [6.45, 7) is 8.22. The second kappa shape index (κ2) is 3.13. The predicted octanol–water partition coefficient (Wildman–Crippen LogP) is 2.87. The summed E-state index contributed by atoms with van der Waals surface area (Å²) >= 11 is 0. The molecule has 0 aromatic carbocycles. The smallest absolute Gasteiger partial charge is 0.0407 e. The van der Waals surface area contributed by atoms with Crippen LogP contribution in [0.25, 0.3) is 0 Å². The molecule has 1 aliphatic heterocycles. The topological polar surface area (TPSA) is 12.0 Å². The highest BCUT2D eigenvalue weighted by molar-refractivity contribution is 5.42. The van der Waals surface area contributed by atoms with Crippen LogP contribution in [0, 0.1) is 5.92 Å². The van der Waals surface area contributed by atoms with Gasteiger partial charge in [0, 0.05) is 5.54 Å². The molecular formula is C12H21N. The fourth-order valence-electron chi connectivity index (χ4n) is 2.46. The first-order valence-corrected chi connectivity index (χ1v) is 5.62. The van der Waals surface area contributed by atoms with E-state index >= 15 is 0 Å². The van der Waals surface area contributed by atoms with Gasteiger partial charge < -0.3 is 5.32 Å². The molecule has 0 saturated heterocycles. The Morgan fingerprint density at radius 1 is 1.54 bits per heavy atom. The Kier molecular flexibility index (Phi) is 2.23. The lowest BCUT2D eigenvalue weighted by molar-refractivity contribution is 0.429. The van der Waals surface area contributed by atoms with Crippen LogP contribution in [0.1, 0.15) is 46.5 Å². The van der Waals surface area contributed by atoms with E-state index in [2.05, 4.69) is 26.1 Å². The lowest BCUT2D eigenvalue weighted by Gasteiger charge is -2.21. The summed E-state index contributed by atoms with van der Waals surface area (Å²) in [7, 11) is 0. The van der Waals surface area contributed by atoms with E-state index in [1.807, 2.05) is 0 Å². The second-order valence-corrected chi connectivity index (χ2v) is 4.97. The quantitative estimate of drug-likeness (QED) is 0.610. The molecule has 0 aromatic rings. The molecule has 2 atom stereocenters. The largest absolute Gasteiger partial charge is 0.307 e. The molecule has 2 unspecified atom stereocenters. The fraction of sp³-hybridized carbons (Fsp3) is 0.833. The van der Waals surface area contributed by atoms with Gasteiger partial charge in [-0.15, -0.1) is 0 Å². The van der Waals surface area contributed by atoms with Gasteiger partial charge in [-0.05, 0) is 50.6 Å². The molecule has 2 aliphatic rings. The molecule has 2 rings (SSSR count). The van der Waals surface area contributed by atoms with Crippen LogP contribution >= 0.6 is 0 Å². The first-order valence-electron chi connectivity index (χ1n) is 5.62. The van der Waals surface area contributed by atoms with Crippen LogP contribution in [0.15, 0.2) is 11.1 Å². The van der Waals surface area contributed by atoms with E-state index in [1.165, 1.54) is 32.2 Å². The number of allylic oxidation sites excluding steroid dienone is 1. The van der Waals surface area contributed by atoms with Crippen LogP contribution in [0.5, 0.6) is 0 Å². The minimum absolute atomic E-state index is 0.403. The van der Waals surface area contributed by atoms with Gasteiger partial charge in [0.05, 0.1) is 0 Å². The molecule has 1 nitrogen and oxygen atoms in total. The van der Waals surface area contributed by atoms with Crippen LogP contribution in [0.4, 0.5) is 0 Å². The number of hydrogen-bond acceptors (Lipinski definition) is 1. The normalized spacial score (nSPS) is 45.0. The van der Waals surface area contributed by atoms with E-state index in [0.29, 0.717) is 5.54 Å². The van der Waals surface area contributed by atoms with Gasteiger partial charge in [-0.3, -0.25) is 0 Å². The van der Waals surface area contributed by atoms with Crippen LogP contribution in [-0.4, -0.2) is 12.1 Å². The summed E-state index contributed by atoms with van der Waals surface area (Å²) in [5.74, 6) is 0.848. The van der Waals surface area contributed by atoms with Gasteiger partial charge >= 0.3 is 0 Å². The maximum atomic E-state index is 3.69. The minimum Gasteiger partial charge on any atom is -0.307 e. The van der Waals surface area contributed by atoms with Crippen LogP contribution in [0.3, 0.4) is 0 Å². The summed E-state index contributed by atoms with van der Waals surface area (Å²) in [6.07, 6.45) is 5.29. The van der Waals surface area contributed by atoms with Crippen LogP contribution in [0.2, 0.25) is 0 Å². The zero-order valence-electron chi connectivity index (χ0n) is 9.11. The van der Waals surface area contributed by atoms with E-state index < -0.39 is 0 Å². The SMILES string of the molecule is CC/C1=C2/CC2(C)NCC(C)CC1. The minimum atomic E-state index is 0.403. The Bertz CT molecular complexity index is 242. The first kappa shape index (κ1) is 9.26. The molecule has 1 heterocycles. The average Bonchev–Trinajstić information content (AvgIpc) is 2.74. The van der Waals surface area contributed by atoms with Gasteiger partial charge in [-0.2, -0.15) is 0 Å². The standard InChI is InChI=1S/C12H21N/c1-4-10-6-5-9(2)8-13-12(3)7-11(10)12/h9,13H,4-8H2,1-3H3/b11-10+. The monoisotopic (exact) mass is 179 g/mol. The van der Waals surface area contributed by atoms with E-state index in [4.69, 9.17) is 0 Å². The number of rotatable bonds is 1. The molecule has 1 saturated carbocycles. The molecule has 74 valence electrons. The molecule has 1 fully saturated rings. The Morgan fingerprint density at radius 3 is 3.00 bits per heavy atom. The number of nitrogens with one attached hydrogen (secondary N) is 1. The average molecular weight is 179 g/mol. The van der Waals surface area contributed by atoms with Gasteiger partial charge in [0.15, 0.2) is 0 Å². The number of fused-ring (bicyclic) bond motifs is 1. The molecule has 0 radical (unpaired) electrons. The maximum Gasteiger partial charge on any atom is 0.0407 e. The van der Waals surface area contributed by atoms with Crippen molar-refractivity contribution in [1.82, 2.24) is 5.32 Å². The molecule has 0 bridgehead atoms. The summed E-state index contributed by atoms with van der Waals surface area (Å²) in [6, 6.07) is 0. The zero-order chi connectivity index (χ0) is 9.47. The Hall–Kier alpha value is -0.300. The summed E-state index contributed by atoms with van der Waals surface area (Å²) < 4.78 is 0. The highest BCUT2D eigenvalue weighted by Gasteiger charge is 2.45. The van der Waals surface area contributed by atoms with E-state index in [0.717, 1.165) is 5.92 Å². The van der Waals surface area contributed by atoms with Gasteiger partial charge in [-0.25, -0.2) is 0 Å². The Balaban J connectivity index is 2.16. The molecular weight excluding hydrogens is 158 g/mol. The van der Waals surface area contributed by atoms with Crippen LogP contribution in [-0.2, 0) is 0 Å². The highest BCUT2D eigenvalue weighted by Crippen LogP contribution is 2.47. The van der Waals surface area contributed by atoms with Crippen LogP contribution < -0.4 is 5.32 Å². The van der Waals surface area contributed by atoms with Gasteiger partial charge in [0.1, 0.15) is 0 Å². The van der Waals surface area contributed by atoms with Crippen molar-refractivity contribution in [3.8, 4) is 0 Å². The lowest BCUT2D eigenvalue weighted by atomic mass is 9.96. The van der Waals surface area contributed by atoms with E-state index in [1.54, 1.807) is 11.1 Å². The summed E-state index contributed by atoms with van der Waals surface area (Å²) in [5.41, 5.74) is 3.86. The zero-order valence-corrected chi connectivity index (χ0v) is 9.11. The Labute approximate surface area is 81.6 Å². The van der Waals surface area contributed by atoms with Crippen molar-refractivity contribution in [2.24, 2.45) is 5.92 Å². The summed E-state index contributed by atoms with van der Waals surface area (Å²) in [5, 5.41) is 3.69. The van der Waals surface area contributed by atoms with Gasteiger partial charge in [-0.1, -0.05) is 19.4 Å². The number of hydrogen-bond donors (Lipinski definition) is 1. The third-order valence-electron chi connectivity index (χ3n) is 3.70. The van der Waals surface area contributed by atoms with Crippen molar-refractivity contribution >= 4 is 0 Å². The Morgan fingerprint density at radius 2 is 2.31 bits per heavy atom. The molecule has 1 N–H and O–H groups in total. The van der Waals surface area contributed by atoms with Crippen molar-refractivity contribution < 1.29 is 0 Å². The fourth-order valence-corrected chi connectivity index (χ4v) is 2.46. The molecule has 0 amide bonds. The molecule has 0 spiro atoms. The predicted molar refractivity (Wildman–Crippen MR) is 56.7 cm³/mol. The first-order chi connectivity index (χ1) is 6.15. The molecule has 1 heteroatoms. The van der Waals surface area contributed by atoms with E-state index in [9.17, 15) is 0 Å². The molecule has 13 heavy (non-hydrogen) atoms. The summed E-state index contributed by atoms with van der Waals surface area (Å²) in [4.78, 5) is 0. The third-order valence-corrected chi connectivity index (χ3v) is 3.70. The van der Waals surface area contributed by atoms with Crippen molar-refractivity contribution in [3.63, 3.8) is 0 Å². The van der Waals surface area contributed by atoms with Crippen molar-refractivity contribution in [2.45, 2.75) is 52.0 Å². The maximum absolute atomic E-state index is 3.69. The van der Waals surface area contributed by atoms with Gasteiger partial charge in [0.25, 0.3) is 0 Å². The second-order valence-electron chi connectivity index (χ2n) is 4.97. The molecule has 0 aromatic heterocycles.